The summed E-state index contributed by atoms with van der Waals surface area (Å²) in [4.78, 5) is 13.9. The zero-order valence-electron chi connectivity index (χ0n) is 17.7. The van der Waals surface area contributed by atoms with Crippen LogP contribution in [0.5, 0.6) is 11.5 Å². The fraction of sp³-hybridized carbons (Fsp3) is 0.435. The number of carbonyl (C=O) groups is 1. The first-order valence-electron chi connectivity index (χ1n) is 10.4. The molecule has 1 amide bonds. The van der Waals surface area contributed by atoms with Gasteiger partial charge in [-0.15, -0.1) is 0 Å². The second-order valence-electron chi connectivity index (χ2n) is 7.98. The number of hydrogen-bond donors (Lipinski definition) is 3. The molecule has 1 fully saturated rings. The Labute approximate surface area is 187 Å². The number of carbonyl (C=O) groups excluding carboxylic acids is 1. The second kappa shape index (κ2) is 10.7. The van der Waals surface area contributed by atoms with Gasteiger partial charge in [-0.1, -0.05) is 11.6 Å². The van der Waals surface area contributed by atoms with Crippen LogP contribution >= 0.6 is 11.6 Å². The summed E-state index contributed by atoms with van der Waals surface area (Å²) >= 11 is 5.87. The average Bonchev–Trinajstić information content (AvgIpc) is 2.75. The predicted octanol–water partition coefficient (Wildman–Crippen LogP) is 2.72. The van der Waals surface area contributed by atoms with E-state index in [1.54, 1.807) is 36.4 Å². The minimum Gasteiger partial charge on any atom is -0.496 e. The van der Waals surface area contributed by atoms with Crippen molar-refractivity contribution >= 4 is 23.2 Å². The number of ether oxygens (including phenoxy) is 2. The van der Waals surface area contributed by atoms with Gasteiger partial charge in [0.1, 0.15) is 24.2 Å². The number of nitrogens with zero attached hydrogens (tertiary/aromatic N) is 1. The predicted molar refractivity (Wildman–Crippen MR) is 122 cm³/mol. The van der Waals surface area contributed by atoms with Crippen molar-refractivity contribution in [1.82, 2.24) is 4.90 Å². The highest BCUT2D eigenvalue weighted by molar-refractivity contribution is 6.30. The molecule has 2 aromatic rings. The van der Waals surface area contributed by atoms with Crippen molar-refractivity contribution < 1.29 is 19.4 Å². The lowest BCUT2D eigenvalue weighted by Gasteiger charge is -2.33. The Hall–Kier alpha value is -2.48. The van der Waals surface area contributed by atoms with Crippen molar-refractivity contribution in [2.75, 3.05) is 39.1 Å². The van der Waals surface area contributed by atoms with E-state index in [1.165, 1.54) is 7.11 Å². The molecule has 1 saturated heterocycles. The Morgan fingerprint density at radius 1 is 1.26 bits per heavy atom. The molecular weight excluding hydrogens is 418 g/mol. The molecule has 1 aliphatic rings. The molecule has 8 heteroatoms. The Morgan fingerprint density at radius 2 is 1.94 bits per heavy atom. The second-order valence-corrected chi connectivity index (χ2v) is 8.42. The largest absolute Gasteiger partial charge is 0.496 e. The monoisotopic (exact) mass is 447 g/mol. The lowest BCUT2D eigenvalue weighted by Crippen LogP contribution is -2.41. The number of piperidine rings is 1. The van der Waals surface area contributed by atoms with Crippen molar-refractivity contribution in [3.63, 3.8) is 0 Å². The molecule has 0 spiro atoms. The van der Waals surface area contributed by atoms with E-state index in [0.29, 0.717) is 40.2 Å². The summed E-state index contributed by atoms with van der Waals surface area (Å²) in [5, 5.41) is 11.0. The molecule has 1 atom stereocenters. The topological polar surface area (TPSA) is 111 Å². The number of halogens is 1. The Balaban J connectivity index is 1.47. The van der Waals surface area contributed by atoms with Crippen LogP contribution in [0, 0.1) is 5.92 Å². The number of methoxy groups -OCH3 is 1. The van der Waals surface area contributed by atoms with E-state index in [2.05, 4.69) is 4.90 Å². The molecule has 1 aliphatic heterocycles. The summed E-state index contributed by atoms with van der Waals surface area (Å²) < 4.78 is 10.8. The quantitative estimate of drug-likeness (QED) is 0.510. The molecule has 1 unspecified atom stereocenters. The molecule has 168 valence electrons. The Morgan fingerprint density at radius 3 is 2.55 bits per heavy atom. The van der Waals surface area contributed by atoms with Crippen LogP contribution in [0.4, 0.5) is 5.69 Å². The Bertz CT molecular complexity index is 883. The summed E-state index contributed by atoms with van der Waals surface area (Å²) in [6.07, 6.45) is 2.19. The maximum Gasteiger partial charge on any atom is 0.252 e. The van der Waals surface area contributed by atoms with Gasteiger partial charge in [0, 0.05) is 23.3 Å². The SMILES string of the molecule is COc1cc(N)c(CC2CCN(CC(O)COc3ccc(Cl)cc3)CC2)cc1C(N)=O. The van der Waals surface area contributed by atoms with Crippen LogP contribution < -0.4 is 20.9 Å². The lowest BCUT2D eigenvalue weighted by atomic mass is 9.88. The zero-order chi connectivity index (χ0) is 22.4. The maximum atomic E-state index is 11.7. The van der Waals surface area contributed by atoms with Crippen molar-refractivity contribution in [3.8, 4) is 11.5 Å². The third kappa shape index (κ3) is 6.50. The van der Waals surface area contributed by atoms with Gasteiger partial charge in [0.25, 0.3) is 5.91 Å². The summed E-state index contributed by atoms with van der Waals surface area (Å²) in [5.41, 5.74) is 13.5. The number of primary amides is 1. The van der Waals surface area contributed by atoms with E-state index < -0.39 is 12.0 Å². The molecule has 0 saturated carbocycles. The summed E-state index contributed by atoms with van der Waals surface area (Å²) in [6, 6.07) is 10.5. The molecule has 31 heavy (non-hydrogen) atoms. The number of nitrogens with two attached hydrogens (primary N) is 2. The van der Waals surface area contributed by atoms with E-state index in [-0.39, 0.29) is 6.61 Å². The van der Waals surface area contributed by atoms with E-state index in [1.807, 2.05) is 0 Å². The highest BCUT2D eigenvalue weighted by Gasteiger charge is 2.23. The van der Waals surface area contributed by atoms with Gasteiger partial charge in [-0.2, -0.15) is 0 Å². The van der Waals surface area contributed by atoms with Gasteiger partial charge in [-0.25, -0.2) is 0 Å². The first-order chi connectivity index (χ1) is 14.9. The summed E-state index contributed by atoms with van der Waals surface area (Å²) in [7, 11) is 1.49. The van der Waals surface area contributed by atoms with Gasteiger partial charge in [0.05, 0.1) is 12.7 Å². The number of benzene rings is 2. The van der Waals surface area contributed by atoms with Crippen LogP contribution in [0.15, 0.2) is 36.4 Å². The number of amides is 1. The number of aliphatic hydroxyl groups excluding tert-OH is 1. The molecule has 0 aromatic heterocycles. The summed E-state index contributed by atoms with van der Waals surface area (Å²) in [6.45, 7) is 2.58. The number of hydrogen-bond acceptors (Lipinski definition) is 6. The fourth-order valence-electron chi connectivity index (χ4n) is 3.94. The number of anilines is 1. The first-order valence-corrected chi connectivity index (χ1v) is 10.8. The van der Waals surface area contributed by atoms with E-state index >= 15 is 0 Å². The highest BCUT2D eigenvalue weighted by Crippen LogP contribution is 2.30. The van der Waals surface area contributed by atoms with Crippen LogP contribution in [0.3, 0.4) is 0 Å². The average molecular weight is 448 g/mol. The molecule has 5 N–H and O–H groups in total. The lowest BCUT2D eigenvalue weighted by molar-refractivity contribution is 0.0551. The van der Waals surface area contributed by atoms with E-state index in [0.717, 1.165) is 37.9 Å². The van der Waals surface area contributed by atoms with Gasteiger partial charge >= 0.3 is 0 Å². The minimum absolute atomic E-state index is 0.236. The number of rotatable bonds is 9. The van der Waals surface area contributed by atoms with Crippen molar-refractivity contribution in [2.24, 2.45) is 11.7 Å². The number of likely N-dealkylation sites (tertiary alicyclic amines) is 1. The van der Waals surface area contributed by atoms with Crippen LogP contribution in [-0.4, -0.2) is 55.4 Å². The molecule has 0 bridgehead atoms. The van der Waals surface area contributed by atoms with Crippen LogP contribution in [0.1, 0.15) is 28.8 Å². The van der Waals surface area contributed by atoms with Crippen molar-refractivity contribution in [3.05, 3.63) is 52.5 Å². The fourth-order valence-corrected chi connectivity index (χ4v) is 4.06. The Kier molecular flexibility index (Phi) is 8.01. The van der Waals surface area contributed by atoms with Gasteiger partial charge in [-0.05, 0) is 74.2 Å². The van der Waals surface area contributed by atoms with Gasteiger partial charge < -0.3 is 30.9 Å². The first kappa shape index (κ1) is 23.2. The number of nitrogen functional groups attached to an aromatic ring is 1. The van der Waals surface area contributed by atoms with Crippen LogP contribution in [0.25, 0.3) is 0 Å². The molecule has 7 nitrogen and oxygen atoms in total. The van der Waals surface area contributed by atoms with E-state index in [9.17, 15) is 9.90 Å². The maximum absolute atomic E-state index is 11.7. The standard InChI is InChI=1S/C23H30ClN3O4/c1-30-22-12-21(25)16(11-20(22)23(26)29)10-15-6-8-27(9-7-15)13-18(28)14-31-19-4-2-17(24)3-5-19/h2-5,11-12,15,18,28H,6-10,13-14,25H2,1H3,(H2,26,29). The molecule has 0 aliphatic carbocycles. The molecule has 0 radical (unpaired) electrons. The smallest absolute Gasteiger partial charge is 0.252 e. The van der Waals surface area contributed by atoms with Crippen LogP contribution in [0.2, 0.25) is 5.02 Å². The van der Waals surface area contributed by atoms with Gasteiger partial charge in [-0.3, -0.25) is 4.79 Å². The van der Waals surface area contributed by atoms with Crippen LogP contribution in [-0.2, 0) is 6.42 Å². The third-order valence-electron chi connectivity index (χ3n) is 5.67. The van der Waals surface area contributed by atoms with Gasteiger partial charge in [0.2, 0.25) is 0 Å². The normalized spacial score (nSPS) is 16.1. The van der Waals surface area contributed by atoms with Crippen molar-refractivity contribution in [1.29, 1.82) is 0 Å². The minimum atomic E-state index is -0.567. The van der Waals surface area contributed by atoms with Gasteiger partial charge in [0.15, 0.2) is 0 Å². The molecule has 3 rings (SSSR count). The van der Waals surface area contributed by atoms with Crippen molar-refractivity contribution in [2.45, 2.75) is 25.4 Å². The number of aliphatic hydroxyl groups is 1. The third-order valence-corrected chi connectivity index (χ3v) is 5.92. The summed E-state index contributed by atoms with van der Waals surface area (Å²) in [5.74, 6) is 1.02. The number of β-amino-alcohol motifs (C(OH)–C–C–N with tert-alkyl or cyclic N) is 1. The van der Waals surface area contributed by atoms with E-state index in [4.69, 9.17) is 32.5 Å². The highest BCUT2D eigenvalue weighted by atomic mass is 35.5. The molecule has 1 heterocycles. The zero-order valence-corrected chi connectivity index (χ0v) is 18.5. The molecular formula is C23H30ClN3O4. The molecule has 2 aromatic carbocycles.